The Morgan fingerprint density at radius 2 is 2.00 bits per heavy atom. The molecule has 7 nitrogen and oxygen atoms in total. The topological polar surface area (TPSA) is 92.5 Å². The van der Waals surface area contributed by atoms with Crippen molar-refractivity contribution in [2.75, 3.05) is 25.2 Å². The van der Waals surface area contributed by atoms with E-state index in [1.165, 1.54) is 25.7 Å². The first kappa shape index (κ1) is 18.5. The molecule has 24 heavy (non-hydrogen) atoms. The number of sulfonamides is 1. The van der Waals surface area contributed by atoms with Crippen molar-refractivity contribution in [1.82, 2.24) is 9.46 Å². The normalized spacial score (nSPS) is 11.7. The summed E-state index contributed by atoms with van der Waals surface area (Å²) in [5.41, 5.74) is 0.922. The van der Waals surface area contributed by atoms with Gasteiger partial charge in [-0.15, -0.1) is 11.8 Å². The molecule has 1 aromatic carbocycles. The Labute approximate surface area is 145 Å². The Morgan fingerprint density at radius 3 is 2.58 bits per heavy atom. The van der Waals surface area contributed by atoms with Crippen LogP contribution in [0.15, 0.2) is 38.6 Å². The van der Waals surface area contributed by atoms with Crippen molar-refractivity contribution in [3.63, 3.8) is 0 Å². The summed E-state index contributed by atoms with van der Waals surface area (Å²) >= 11 is 1.50. The summed E-state index contributed by atoms with van der Waals surface area (Å²) in [5.74, 6) is -0.221. The molecule has 0 unspecified atom stereocenters. The van der Waals surface area contributed by atoms with Gasteiger partial charge in [-0.3, -0.25) is 4.79 Å². The third-order valence-electron chi connectivity index (χ3n) is 3.38. The molecule has 0 aliphatic heterocycles. The molecule has 1 N–H and O–H groups in total. The zero-order valence-electron chi connectivity index (χ0n) is 13.9. The van der Waals surface area contributed by atoms with Gasteiger partial charge in [0, 0.05) is 11.9 Å². The fourth-order valence-electron chi connectivity index (χ4n) is 2.22. The molecule has 0 aliphatic carbocycles. The maximum absolute atomic E-state index is 12.6. The standard InChI is InChI=1S/C15H19N3O4S2/c1-10-15(11(2)22-17-10)24(20,21)18(3)9-14(19)16-12-7-5-6-8-13(12)23-4/h5-8H,9H2,1-4H3,(H,16,19). The number of carbonyl (C=O) groups is 1. The van der Waals surface area contributed by atoms with Crippen LogP contribution in [0.3, 0.4) is 0 Å². The Hall–Kier alpha value is -1.84. The maximum atomic E-state index is 12.6. The van der Waals surface area contributed by atoms with E-state index in [1.54, 1.807) is 19.1 Å². The number of aromatic nitrogens is 1. The summed E-state index contributed by atoms with van der Waals surface area (Å²) in [6, 6.07) is 7.33. The molecular formula is C15H19N3O4S2. The van der Waals surface area contributed by atoms with Gasteiger partial charge in [0.15, 0.2) is 5.76 Å². The molecule has 0 saturated heterocycles. The van der Waals surface area contributed by atoms with Gasteiger partial charge in [0.25, 0.3) is 0 Å². The Morgan fingerprint density at radius 1 is 1.33 bits per heavy atom. The van der Waals surface area contributed by atoms with Gasteiger partial charge in [0.2, 0.25) is 15.9 Å². The van der Waals surface area contributed by atoms with Gasteiger partial charge in [-0.25, -0.2) is 8.42 Å². The van der Waals surface area contributed by atoms with E-state index < -0.39 is 15.9 Å². The van der Waals surface area contributed by atoms with E-state index >= 15 is 0 Å². The largest absolute Gasteiger partial charge is 0.360 e. The molecule has 9 heteroatoms. The van der Waals surface area contributed by atoms with Crippen molar-refractivity contribution >= 4 is 33.4 Å². The van der Waals surface area contributed by atoms with Crippen LogP contribution < -0.4 is 5.32 Å². The highest BCUT2D eigenvalue weighted by Crippen LogP contribution is 2.25. The molecule has 130 valence electrons. The zero-order chi connectivity index (χ0) is 17.9. The number of hydrogen-bond donors (Lipinski definition) is 1. The van der Waals surface area contributed by atoms with E-state index in [0.29, 0.717) is 5.69 Å². The lowest BCUT2D eigenvalue weighted by Gasteiger charge is -2.17. The van der Waals surface area contributed by atoms with Crippen molar-refractivity contribution in [2.24, 2.45) is 0 Å². The molecule has 2 aromatic rings. The first-order valence-electron chi connectivity index (χ1n) is 7.09. The molecule has 2 rings (SSSR count). The number of nitrogens with zero attached hydrogens (tertiary/aromatic N) is 2. The summed E-state index contributed by atoms with van der Waals surface area (Å²) in [6.45, 7) is 2.76. The summed E-state index contributed by atoms with van der Waals surface area (Å²) in [6.07, 6.45) is 1.90. The Kier molecular flexibility index (Phi) is 5.68. The molecule has 1 aromatic heterocycles. The average Bonchev–Trinajstić information content (AvgIpc) is 2.87. The number of rotatable bonds is 6. The number of carbonyl (C=O) groups excluding carboxylic acids is 1. The molecule has 0 radical (unpaired) electrons. The first-order chi connectivity index (χ1) is 11.3. The van der Waals surface area contributed by atoms with Crippen LogP contribution in [0, 0.1) is 13.8 Å². The molecule has 0 atom stereocenters. The van der Waals surface area contributed by atoms with Crippen LogP contribution in [-0.4, -0.2) is 43.6 Å². The van der Waals surface area contributed by atoms with Crippen LogP contribution in [0.1, 0.15) is 11.5 Å². The number of thioether (sulfide) groups is 1. The van der Waals surface area contributed by atoms with Gasteiger partial charge in [-0.1, -0.05) is 17.3 Å². The minimum Gasteiger partial charge on any atom is -0.360 e. The predicted molar refractivity (Wildman–Crippen MR) is 92.6 cm³/mol. The summed E-state index contributed by atoms with van der Waals surface area (Å²) < 4.78 is 31.1. The van der Waals surface area contributed by atoms with Crippen LogP contribution >= 0.6 is 11.8 Å². The molecule has 0 aliphatic rings. The van der Waals surface area contributed by atoms with Crippen LogP contribution in [-0.2, 0) is 14.8 Å². The number of nitrogens with one attached hydrogen (secondary N) is 1. The van der Waals surface area contributed by atoms with Gasteiger partial charge in [0.05, 0.1) is 12.2 Å². The van der Waals surface area contributed by atoms with Crippen molar-refractivity contribution < 1.29 is 17.7 Å². The second-order valence-corrected chi connectivity index (χ2v) is 7.99. The summed E-state index contributed by atoms with van der Waals surface area (Å²) in [4.78, 5) is 13.1. The van der Waals surface area contributed by atoms with Crippen molar-refractivity contribution in [3.8, 4) is 0 Å². The van der Waals surface area contributed by atoms with Gasteiger partial charge in [-0.05, 0) is 32.2 Å². The van der Waals surface area contributed by atoms with E-state index in [0.717, 1.165) is 9.20 Å². The highest BCUT2D eigenvalue weighted by atomic mass is 32.2. The number of amides is 1. The summed E-state index contributed by atoms with van der Waals surface area (Å²) in [7, 11) is -2.50. The van der Waals surface area contributed by atoms with E-state index in [9.17, 15) is 13.2 Å². The summed E-state index contributed by atoms with van der Waals surface area (Å²) in [5, 5.41) is 6.38. The lowest BCUT2D eigenvalue weighted by molar-refractivity contribution is -0.116. The number of hydrogen-bond acceptors (Lipinski definition) is 6. The number of likely N-dealkylation sites (N-methyl/N-ethyl adjacent to an activating group) is 1. The fourth-order valence-corrected chi connectivity index (χ4v) is 4.19. The monoisotopic (exact) mass is 369 g/mol. The fraction of sp³-hybridized carbons (Fsp3) is 0.333. The average molecular weight is 369 g/mol. The SMILES string of the molecule is CSc1ccccc1NC(=O)CN(C)S(=O)(=O)c1c(C)noc1C. The first-order valence-corrected chi connectivity index (χ1v) is 9.76. The molecule has 0 fully saturated rings. The van der Waals surface area contributed by atoms with Crippen LogP contribution in [0.2, 0.25) is 0 Å². The number of anilines is 1. The maximum Gasteiger partial charge on any atom is 0.248 e. The molecule has 1 heterocycles. The van der Waals surface area contributed by atoms with Crippen LogP contribution in [0.25, 0.3) is 0 Å². The van der Waals surface area contributed by atoms with Crippen molar-refractivity contribution in [3.05, 3.63) is 35.7 Å². The smallest absolute Gasteiger partial charge is 0.248 e. The predicted octanol–water partition coefficient (Wildman–Crippen LogP) is 2.27. The van der Waals surface area contributed by atoms with Gasteiger partial charge >= 0.3 is 0 Å². The van der Waals surface area contributed by atoms with Gasteiger partial charge < -0.3 is 9.84 Å². The Balaban J connectivity index is 2.14. The molecule has 0 bridgehead atoms. The van der Waals surface area contributed by atoms with Crippen LogP contribution in [0.5, 0.6) is 0 Å². The number of benzene rings is 1. The van der Waals surface area contributed by atoms with E-state index in [-0.39, 0.29) is 22.9 Å². The zero-order valence-corrected chi connectivity index (χ0v) is 15.5. The van der Waals surface area contributed by atoms with Crippen LogP contribution in [0.4, 0.5) is 5.69 Å². The molecule has 0 spiro atoms. The highest BCUT2D eigenvalue weighted by Gasteiger charge is 2.29. The number of aryl methyl sites for hydroxylation is 2. The lowest BCUT2D eigenvalue weighted by Crippen LogP contribution is -2.35. The van der Waals surface area contributed by atoms with E-state index in [4.69, 9.17) is 4.52 Å². The van der Waals surface area contributed by atoms with E-state index in [2.05, 4.69) is 10.5 Å². The third kappa shape index (κ3) is 3.80. The highest BCUT2D eigenvalue weighted by molar-refractivity contribution is 7.98. The number of para-hydroxylation sites is 1. The molecule has 1 amide bonds. The van der Waals surface area contributed by atoms with E-state index in [1.807, 2.05) is 18.4 Å². The lowest BCUT2D eigenvalue weighted by atomic mass is 10.3. The minimum atomic E-state index is -3.85. The van der Waals surface area contributed by atoms with Crippen molar-refractivity contribution in [1.29, 1.82) is 0 Å². The Bertz CT molecular complexity index is 827. The van der Waals surface area contributed by atoms with Gasteiger partial charge in [-0.2, -0.15) is 4.31 Å². The quantitative estimate of drug-likeness (QED) is 0.785. The minimum absolute atomic E-state index is 0.00214. The second-order valence-electron chi connectivity index (χ2n) is 5.16. The second kappa shape index (κ2) is 7.37. The molecule has 0 saturated carbocycles. The van der Waals surface area contributed by atoms with Gasteiger partial charge in [0.1, 0.15) is 10.6 Å². The molecular weight excluding hydrogens is 350 g/mol. The van der Waals surface area contributed by atoms with Crippen molar-refractivity contribution in [2.45, 2.75) is 23.6 Å². The third-order valence-corrected chi connectivity index (χ3v) is 6.23.